The van der Waals surface area contributed by atoms with E-state index in [1.54, 1.807) is 12.1 Å². The number of hydrogen-bond acceptors (Lipinski definition) is 3. The van der Waals surface area contributed by atoms with Crippen molar-refractivity contribution in [2.75, 3.05) is 11.9 Å². The van der Waals surface area contributed by atoms with Crippen LogP contribution >= 0.6 is 15.9 Å². The van der Waals surface area contributed by atoms with Crippen molar-refractivity contribution >= 4 is 33.5 Å². The average molecular weight is 342 g/mol. The molecule has 0 bridgehead atoms. The number of carboxylic acids is 1. The van der Waals surface area contributed by atoms with Crippen LogP contribution in [-0.2, 0) is 9.53 Å². The molecule has 1 aliphatic heterocycles. The zero-order valence-corrected chi connectivity index (χ0v) is 12.6. The Morgan fingerprint density at radius 3 is 2.90 bits per heavy atom. The van der Waals surface area contributed by atoms with Gasteiger partial charge in [-0.2, -0.15) is 0 Å². The van der Waals surface area contributed by atoms with Crippen molar-refractivity contribution in [1.82, 2.24) is 0 Å². The van der Waals surface area contributed by atoms with Crippen molar-refractivity contribution in [3.8, 4) is 0 Å². The van der Waals surface area contributed by atoms with Gasteiger partial charge in [0.1, 0.15) is 0 Å². The molecule has 2 atom stereocenters. The summed E-state index contributed by atoms with van der Waals surface area (Å²) in [5.74, 6) is -1.49. The zero-order valence-electron chi connectivity index (χ0n) is 11.1. The highest BCUT2D eigenvalue weighted by Crippen LogP contribution is 2.30. The molecule has 0 saturated carbocycles. The number of para-hydroxylation sites is 1. The van der Waals surface area contributed by atoms with Gasteiger partial charge in [0.15, 0.2) is 0 Å². The second-order valence-corrected chi connectivity index (χ2v) is 5.52. The van der Waals surface area contributed by atoms with Crippen LogP contribution in [0.15, 0.2) is 22.7 Å². The molecule has 6 heteroatoms. The number of halogens is 1. The van der Waals surface area contributed by atoms with Crippen molar-refractivity contribution in [2.24, 2.45) is 5.92 Å². The summed E-state index contributed by atoms with van der Waals surface area (Å²) in [5.41, 5.74) is 0.367. The third kappa shape index (κ3) is 3.02. The molecule has 1 saturated heterocycles. The van der Waals surface area contributed by atoms with E-state index in [-0.39, 0.29) is 23.5 Å². The van der Waals surface area contributed by atoms with E-state index in [0.717, 1.165) is 6.42 Å². The maximum atomic E-state index is 12.3. The lowest BCUT2D eigenvalue weighted by Gasteiger charge is -2.18. The predicted octanol–water partition coefficient (Wildman–Crippen LogP) is 2.90. The van der Waals surface area contributed by atoms with Crippen LogP contribution in [0.1, 0.15) is 30.1 Å². The molecular weight excluding hydrogens is 326 g/mol. The maximum Gasteiger partial charge on any atom is 0.337 e. The minimum Gasteiger partial charge on any atom is -0.478 e. The van der Waals surface area contributed by atoms with Crippen LogP contribution in [0.2, 0.25) is 0 Å². The van der Waals surface area contributed by atoms with Gasteiger partial charge < -0.3 is 15.2 Å². The van der Waals surface area contributed by atoms with Gasteiger partial charge in [-0.3, -0.25) is 4.79 Å². The highest BCUT2D eigenvalue weighted by molar-refractivity contribution is 9.10. The van der Waals surface area contributed by atoms with E-state index in [1.807, 2.05) is 6.92 Å². The van der Waals surface area contributed by atoms with Gasteiger partial charge in [-0.05, 0) is 40.9 Å². The van der Waals surface area contributed by atoms with Crippen LogP contribution in [0.4, 0.5) is 5.69 Å². The van der Waals surface area contributed by atoms with E-state index in [0.29, 0.717) is 23.2 Å². The Bertz CT molecular complexity index is 532. The van der Waals surface area contributed by atoms with E-state index in [4.69, 9.17) is 9.84 Å². The molecule has 108 valence electrons. The molecule has 2 rings (SSSR count). The third-order valence-electron chi connectivity index (χ3n) is 3.44. The molecule has 1 fully saturated rings. The summed E-state index contributed by atoms with van der Waals surface area (Å²) in [7, 11) is 0. The highest BCUT2D eigenvalue weighted by Gasteiger charge is 2.33. The number of aromatic carboxylic acids is 1. The Balaban J connectivity index is 2.21. The number of carboxylic acid groups (broad SMARTS) is 1. The second kappa shape index (κ2) is 6.37. The minimum atomic E-state index is -1.07. The van der Waals surface area contributed by atoms with Gasteiger partial charge >= 0.3 is 5.97 Å². The summed E-state index contributed by atoms with van der Waals surface area (Å²) in [6.45, 7) is 2.54. The topological polar surface area (TPSA) is 75.6 Å². The molecule has 1 amide bonds. The van der Waals surface area contributed by atoms with Gasteiger partial charge in [-0.15, -0.1) is 0 Å². The van der Waals surface area contributed by atoms with Crippen LogP contribution in [0.5, 0.6) is 0 Å². The standard InChI is InChI=1S/C14H16BrNO4/c1-2-11-8(6-7-20-11)13(17)16-12-9(14(18)19)4-3-5-10(12)15/h3-5,8,11H,2,6-7H2,1H3,(H,16,17)(H,18,19). The molecule has 0 aromatic heterocycles. The monoisotopic (exact) mass is 341 g/mol. The largest absolute Gasteiger partial charge is 0.478 e. The molecule has 0 spiro atoms. The molecule has 5 nitrogen and oxygen atoms in total. The van der Waals surface area contributed by atoms with Crippen molar-refractivity contribution in [1.29, 1.82) is 0 Å². The number of rotatable bonds is 4. The quantitative estimate of drug-likeness (QED) is 0.882. The first kappa shape index (κ1) is 15.0. The fourth-order valence-electron chi connectivity index (χ4n) is 2.40. The molecule has 1 aromatic carbocycles. The van der Waals surface area contributed by atoms with Crippen LogP contribution in [0, 0.1) is 5.92 Å². The third-order valence-corrected chi connectivity index (χ3v) is 4.10. The predicted molar refractivity (Wildman–Crippen MR) is 77.9 cm³/mol. The first-order chi connectivity index (χ1) is 9.54. The smallest absolute Gasteiger partial charge is 0.337 e. The molecule has 20 heavy (non-hydrogen) atoms. The lowest BCUT2D eigenvalue weighted by Crippen LogP contribution is -2.30. The summed E-state index contributed by atoms with van der Waals surface area (Å²) >= 11 is 3.28. The molecule has 1 heterocycles. The summed E-state index contributed by atoms with van der Waals surface area (Å²) in [6.07, 6.45) is 1.34. The average Bonchev–Trinajstić information content (AvgIpc) is 2.89. The Morgan fingerprint density at radius 1 is 1.50 bits per heavy atom. The highest BCUT2D eigenvalue weighted by atomic mass is 79.9. The fourth-order valence-corrected chi connectivity index (χ4v) is 2.86. The van der Waals surface area contributed by atoms with E-state index in [2.05, 4.69) is 21.2 Å². The normalized spacial score (nSPS) is 21.7. The van der Waals surface area contributed by atoms with Gasteiger partial charge in [0, 0.05) is 11.1 Å². The molecule has 2 unspecified atom stereocenters. The number of nitrogens with one attached hydrogen (secondary N) is 1. The lowest BCUT2D eigenvalue weighted by molar-refractivity contribution is -0.121. The van der Waals surface area contributed by atoms with Crippen LogP contribution < -0.4 is 5.32 Å². The van der Waals surface area contributed by atoms with Crippen LogP contribution in [-0.4, -0.2) is 29.7 Å². The van der Waals surface area contributed by atoms with E-state index < -0.39 is 5.97 Å². The summed E-state index contributed by atoms with van der Waals surface area (Å²) in [5, 5.41) is 11.9. The summed E-state index contributed by atoms with van der Waals surface area (Å²) in [6, 6.07) is 4.78. The summed E-state index contributed by atoms with van der Waals surface area (Å²) < 4.78 is 6.05. The van der Waals surface area contributed by atoms with Crippen molar-refractivity contribution in [3.05, 3.63) is 28.2 Å². The number of hydrogen-bond donors (Lipinski definition) is 2. The number of carbonyl (C=O) groups excluding carboxylic acids is 1. The maximum absolute atomic E-state index is 12.3. The van der Waals surface area contributed by atoms with E-state index >= 15 is 0 Å². The molecule has 1 aliphatic rings. The van der Waals surface area contributed by atoms with Gasteiger partial charge in [-0.1, -0.05) is 13.0 Å². The number of ether oxygens (including phenoxy) is 1. The number of anilines is 1. The number of amides is 1. The van der Waals surface area contributed by atoms with Gasteiger partial charge in [-0.25, -0.2) is 4.79 Å². The Kier molecular flexibility index (Phi) is 4.77. The Labute approximate surface area is 125 Å². The SMILES string of the molecule is CCC1OCCC1C(=O)Nc1c(Br)cccc1C(=O)O. The van der Waals surface area contributed by atoms with Gasteiger partial charge in [0.2, 0.25) is 5.91 Å². The van der Waals surface area contributed by atoms with Crippen molar-refractivity contribution < 1.29 is 19.4 Å². The lowest BCUT2D eigenvalue weighted by atomic mass is 9.98. The van der Waals surface area contributed by atoms with Crippen LogP contribution in [0.3, 0.4) is 0 Å². The minimum absolute atomic E-state index is 0.0692. The first-order valence-electron chi connectivity index (χ1n) is 6.48. The molecular formula is C14H16BrNO4. The van der Waals surface area contributed by atoms with Gasteiger partial charge in [0.05, 0.1) is 23.3 Å². The second-order valence-electron chi connectivity index (χ2n) is 4.67. The number of benzene rings is 1. The summed E-state index contributed by atoms with van der Waals surface area (Å²) in [4.78, 5) is 23.5. The fraction of sp³-hybridized carbons (Fsp3) is 0.429. The molecule has 0 radical (unpaired) electrons. The molecule has 2 N–H and O–H groups in total. The van der Waals surface area contributed by atoms with E-state index in [9.17, 15) is 9.59 Å². The van der Waals surface area contributed by atoms with Crippen molar-refractivity contribution in [2.45, 2.75) is 25.9 Å². The zero-order chi connectivity index (χ0) is 14.7. The van der Waals surface area contributed by atoms with Gasteiger partial charge in [0.25, 0.3) is 0 Å². The van der Waals surface area contributed by atoms with E-state index in [1.165, 1.54) is 6.07 Å². The number of carbonyl (C=O) groups is 2. The molecule has 0 aliphatic carbocycles. The Morgan fingerprint density at radius 2 is 2.25 bits per heavy atom. The van der Waals surface area contributed by atoms with Crippen LogP contribution in [0.25, 0.3) is 0 Å². The Hall–Kier alpha value is -1.40. The first-order valence-corrected chi connectivity index (χ1v) is 7.28. The van der Waals surface area contributed by atoms with Crippen molar-refractivity contribution in [3.63, 3.8) is 0 Å². The molecule has 1 aromatic rings.